The molecule has 1 aromatic carbocycles. The molecular weight excluding hydrogens is 194 g/mol. The number of likely N-dealkylation sites (N-methyl/N-ethyl adjacent to an activating group) is 1. The summed E-state index contributed by atoms with van der Waals surface area (Å²) in [7, 11) is 1.94. The number of rotatable bonds is 3. The minimum absolute atomic E-state index is 0.384. The van der Waals surface area contributed by atoms with Crippen LogP contribution < -0.4 is 5.32 Å². The molecule has 1 N–H and O–H groups in total. The highest BCUT2D eigenvalue weighted by Gasteiger charge is 1.94. The van der Waals surface area contributed by atoms with Crippen LogP contribution in [0.15, 0.2) is 24.3 Å². The van der Waals surface area contributed by atoms with Crippen molar-refractivity contribution in [3.63, 3.8) is 0 Å². The van der Waals surface area contributed by atoms with Crippen molar-refractivity contribution in [2.24, 2.45) is 0 Å². The van der Waals surface area contributed by atoms with Gasteiger partial charge in [-0.05, 0) is 44.2 Å². The molecule has 0 aliphatic heterocycles. The van der Waals surface area contributed by atoms with E-state index in [4.69, 9.17) is 11.6 Å². The zero-order chi connectivity index (χ0) is 10.6. The van der Waals surface area contributed by atoms with Crippen LogP contribution in [0.5, 0.6) is 0 Å². The summed E-state index contributed by atoms with van der Waals surface area (Å²) in [5, 5.41) is 3.94. The average Bonchev–Trinajstić information content (AvgIpc) is 2.12. The van der Waals surface area contributed by atoms with Gasteiger partial charge in [0.1, 0.15) is 0 Å². The molecule has 14 heavy (non-hydrogen) atoms. The molecule has 1 aromatic rings. The summed E-state index contributed by atoms with van der Waals surface area (Å²) in [6, 6.07) is 6.42. The van der Waals surface area contributed by atoms with E-state index in [-0.39, 0.29) is 0 Å². The lowest BCUT2D eigenvalue weighted by Gasteiger charge is -2.03. The van der Waals surface area contributed by atoms with Crippen LogP contribution in [-0.2, 0) is 0 Å². The Bertz CT molecular complexity index is 311. The number of aryl methyl sites for hydroxylation is 1. The summed E-state index contributed by atoms with van der Waals surface area (Å²) < 4.78 is 0. The third kappa shape index (κ3) is 3.52. The Balaban J connectivity index is 2.81. The maximum atomic E-state index is 5.95. The molecule has 0 radical (unpaired) electrons. The van der Waals surface area contributed by atoms with Crippen molar-refractivity contribution in [3.05, 3.63) is 40.4 Å². The Labute approximate surface area is 90.8 Å². The Morgan fingerprint density at radius 1 is 1.36 bits per heavy atom. The van der Waals surface area contributed by atoms with Crippen molar-refractivity contribution in [2.45, 2.75) is 19.9 Å². The number of hydrogen-bond donors (Lipinski definition) is 1. The summed E-state index contributed by atoms with van der Waals surface area (Å²) >= 11 is 5.95. The van der Waals surface area contributed by atoms with Gasteiger partial charge in [0.15, 0.2) is 0 Å². The first kappa shape index (κ1) is 11.3. The molecule has 0 spiro atoms. The third-order valence-electron chi connectivity index (χ3n) is 2.10. The predicted molar refractivity (Wildman–Crippen MR) is 63.7 cm³/mol. The van der Waals surface area contributed by atoms with E-state index in [2.05, 4.69) is 30.5 Å². The molecule has 0 aliphatic rings. The van der Waals surface area contributed by atoms with Crippen LogP contribution in [0.4, 0.5) is 0 Å². The number of nitrogens with one attached hydrogen (secondary N) is 1. The summed E-state index contributed by atoms with van der Waals surface area (Å²) in [5.74, 6) is 0. The molecule has 0 saturated carbocycles. The first-order chi connectivity index (χ1) is 6.61. The zero-order valence-electron chi connectivity index (χ0n) is 8.84. The summed E-state index contributed by atoms with van der Waals surface area (Å²) in [5.41, 5.74) is 2.34. The van der Waals surface area contributed by atoms with Crippen molar-refractivity contribution >= 4 is 17.7 Å². The molecule has 0 bridgehead atoms. The summed E-state index contributed by atoms with van der Waals surface area (Å²) in [4.78, 5) is 0. The normalized spacial score (nSPS) is 13.4. The van der Waals surface area contributed by atoms with Gasteiger partial charge in [-0.15, -0.1) is 0 Å². The monoisotopic (exact) mass is 209 g/mol. The molecule has 0 aromatic heterocycles. The molecule has 1 atom stereocenters. The minimum Gasteiger partial charge on any atom is -0.314 e. The fourth-order valence-corrected chi connectivity index (χ4v) is 1.51. The van der Waals surface area contributed by atoms with Crippen LogP contribution in [0.3, 0.4) is 0 Å². The Hall–Kier alpha value is -0.790. The second-order valence-corrected chi connectivity index (χ2v) is 3.93. The van der Waals surface area contributed by atoms with Gasteiger partial charge in [-0.25, -0.2) is 0 Å². The molecule has 0 saturated heterocycles. The number of halogens is 1. The van der Waals surface area contributed by atoms with Crippen molar-refractivity contribution in [1.29, 1.82) is 0 Å². The molecule has 2 heteroatoms. The van der Waals surface area contributed by atoms with Crippen molar-refractivity contribution in [2.75, 3.05) is 7.05 Å². The Morgan fingerprint density at radius 3 is 2.64 bits per heavy atom. The third-order valence-corrected chi connectivity index (χ3v) is 2.32. The van der Waals surface area contributed by atoms with Crippen LogP contribution in [0, 0.1) is 6.92 Å². The molecule has 1 rings (SSSR count). The van der Waals surface area contributed by atoms with Crippen molar-refractivity contribution < 1.29 is 0 Å². The highest BCUT2D eigenvalue weighted by atomic mass is 35.5. The molecule has 0 fully saturated rings. The zero-order valence-corrected chi connectivity index (χ0v) is 9.60. The van der Waals surface area contributed by atoms with E-state index in [1.165, 1.54) is 5.56 Å². The van der Waals surface area contributed by atoms with Crippen molar-refractivity contribution in [1.82, 2.24) is 5.32 Å². The van der Waals surface area contributed by atoms with Crippen LogP contribution in [0.1, 0.15) is 18.1 Å². The topological polar surface area (TPSA) is 12.0 Å². The lowest BCUT2D eigenvalue weighted by Crippen LogP contribution is -2.17. The van der Waals surface area contributed by atoms with E-state index >= 15 is 0 Å². The van der Waals surface area contributed by atoms with Gasteiger partial charge in [0.25, 0.3) is 0 Å². The molecule has 76 valence electrons. The van der Waals surface area contributed by atoms with E-state index in [9.17, 15) is 0 Å². The molecular formula is C12H16ClN. The minimum atomic E-state index is 0.384. The maximum absolute atomic E-state index is 5.95. The van der Waals surface area contributed by atoms with Gasteiger partial charge in [0.05, 0.1) is 0 Å². The quantitative estimate of drug-likeness (QED) is 0.806. The lowest BCUT2D eigenvalue weighted by atomic mass is 10.1. The number of hydrogen-bond acceptors (Lipinski definition) is 1. The predicted octanol–water partition coefficient (Wildman–Crippen LogP) is 3.27. The molecule has 1 unspecified atom stereocenters. The van der Waals surface area contributed by atoms with Gasteiger partial charge < -0.3 is 5.32 Å². The highest BCUT2D eigenvalue weighted by molar-refractivity contribution is 6.30. The summed E-state index contributed by atoms with van der Waals surface area (Å²) in [6.07, 6.45) is 4.20. The van der Waals surface area contributed by atoms with E-state index in [0.717, 1.165) is 10.6 Å². The Kier molecular flexibility index (Phi) is 4.18. The molecule has 0 heterocycles. The van der Waals surface area contributed by atoms with Gasteiger partial charge in [-0.1, -0.05) is 29.8 Å². The van der Waals surface area contributed by atoms with Crippen LogP contribution >= 0.6 is 11.6 Å². The van der Waals surface area contributed by atoms with Crippen LogP contribution in [0.25, 0.3) is 6.08 Å². The lowest BCUT2D eigenvalue weighted by molar-refractivity contribution is 0.731. The van der Waals surface area contributed by atoms with Crippen molar-refractivity contribution in [3.8, 4) is 0 Å². The van der Waals surface area contributed by atoms with Gasteiger partial charge in [-0.3, -0.25) is 0 Å². The van der Waals surface area contributed by atoms with Gasteiger partial charge in [0.2, 0.25) is 0 Å². The SMILES string of the molecule is CNC(C)/C=C/c1cc(C)cc(Cl)c1. The Morgan fingerprint density at radius 2 is 2.07 bits per heavy atom. The highest BCUT2D eigenvalue weighted by Crippen LogP contribution is 2.15. The van der Waals surface area contributed by atoms with Gasteiger partial charge >= 0.3 is 0 Å². The average molecular weight is 210 g/mol. The van der Waals surface area contributed by atoms with E-state index < -0.39 is 0 Å². The number of benzene rings is 1. The fourth-order valence-electron chi connectivity index (χ4n) is 1.21. The van der Waals surface area contributed by atoms with E-state index in [1.807, 2.05) is 26.1 Å². The standard InChI is InChI=1S/C12H16ClN/c1-9-6-11(8-12(13)7-9)5-4-10(2)14-3/h4-8,10,14H,1-3H3/b5-4+. The van der Waals surface area contributed by atoms with Crippen LogP contribution in [-0.4, -0.2) is 13.1 Å². The molecule has 1 nitrogen and oxygen atoms in total. The van der Waals surface area contributed by atoms with Gasteiger partial charge in [0, 0.05) is 11.1 Å². The molecule has 0 amide bonds. The largest absolute Gasteiger partial charge is 0.314 e. The smallest absolute Gasteiger partial charge is 0.0414 e. The molecule has 0 aliphatic carbocycles. The van der Waals surface area contributed by atoms with E-state index in [1.54, 1.807) is 0 Å². The first-order valence-electron chi connectivity index (χ1n) is 4.74. The second-order valence-electron chi connectivity index (χ2n) is 3.50. The second kappa shape index (κ2) is 5.18. The van der Waals surface area contributed by atoms with E-state index in [0.29, 0.717) is 6.04 Å². The first-order valence-corrected chi connectivity index (χ1v) is 5.12. The summed E-state index contributed by atoms with van der Waals surface area (Å²) in [6.45, 7) is 4.15. The maximum Gasteiger partial charge on any atom is 0.0414 e. The van der Waals surface area contributed by atoms with Gasteiger partial charge in [-0.2, -0.15) is 0 Å². The fraction of sp³-hybridized carbons (Fsp3) is 0.333. The van der Waals surface area contributed by atoms with Crippen LogP contribution in [0.2, 0.25) is 5.02 Å².